The van der Waals surface area contributed by atoms with Crippen LogP contribution in [0.1, 0.15) is 63.5 Å². The Balaban J connectivity index is 1.75. The van der Waals surface area contributed by atoms with Crippen LogP contribution in [-0.4, -0.2) is 15.7 Å². The van der Waals surface area contributed by atoms with Gasteiger partial charge in [0.25, 0.3) is 0 Å². The summed E-state index contributed by atoms with van der Waals surface area (Å²) in [5, 5.41) is 11.4. The summed E-state index contributed by atoms with van der Waals surface area (Å²) in [4.78, 5) is 4.49. The molecule has 0 amide bonds. The van der Waals surface area contributed by atoms with Crippen LogP contribution in [0.3, 0.4) is 0 Å². The minimum atomic E-state index is -0.527. The number of hydrogen-bond donors (Lipinski definition) is 1. The van der Waals surface area contributed by atoms with Crippen molar-refractivity contribution in [3.63, 3.8) is 0 Å². The Morgan fingerprint density at radius 1 is 1.10 bits per heavy atom. The average molecular weight is 352 g/mol. The monoisotopic (exact) mass is 351 g/mol. The molecule has 2 unspecified atom stereocenters. The van der Waals surface area contributed by atoms with Gasteiger partial charge < -0.3 is 5.11 Å². The van der Waals surface area contributed by atoms with E-state index < -0.39 is 5.60 Å². The first-order valence-corrected chi connectivity index (χ1v) is 9.29. The largest absolute Gasteiger partial charge is 0.389 e. The Hall–Kier alpha value is -0.410. The third-order valence-corrected chi connectivity index (χ3v) is 6.03. The normalized spacial score (nSPS) is 31.2. The molecular weight excluding hydrogens is 326 g/mol. The first kappa shape index (κ1) is 15.5. The van der Waals surface area contributed by atoms with Crippen molar-refractivity contribution in [3.05, 3.63) is 28.5 Å². The minimum absolute atomic E-state index is 0.483. The zero-order valence-electron chi connectivity index (χ0n) is 12.7. The van der Waals surface area contributed by atoms with Crippen LogP contribution in [0, 0.1) is 11.8 Å². The second kappa shape index (κ2) is 6.78. The number of rotatable bonds is 3. The maximum atomic E-state index is 11.4. The number of hydrogen-bond acceptors (Lipinski definition) is 2. The summed E-state index contributed by atoms with van der Waals surface area (Å²) in [6.07, 6.45) is 13.9. The summed E-state index contributed by atoms with van der Waals surface area (Å²) >= 11 is 3.43. The number of aliphatic hydroxyl groups is 1. The Labute approximate surface area is 136 Å². The molecule has 1 aromatic rings. The van der Waals surface area contributed by atoms with Crippen molar-refractivity contribution in [3.8, 4) is 0 Å². The lowest BCUT2D eigenvalue weighted by molar-refractivity contribution is -0.0772. The molecule has 0 saturated heterocycles. The first-order valence-electron chi connectivity index (χ1n) is 8.50. The van der Waals surface area contributed by atoms with Crippen LogP contribution in [-0.2, 0) is 6.42 Å². The zero-order valence-corrected chi connectivity index (χ0v) is 14.3. The van der Waals surface area contributed by atoms with E-state index in [2.05, 4.69) is 27.0 Å². The molecule has 2 aliphatic rings. The van der Waals surface area contributed by atoms with Crippen molar-refractivity contribution in [2.45, 2.75) is 69.8 Å². The van der Waals surface area contributed by atoms with Gasteiger partial charge in [-0.05, 0) is 52.7 Å². The van der Waals surface area contributed by atoms with Gasteiger partial charge in [-0.25, -0.2) is 0 Å². The summed E-state index contributed by atoms with van der Waals surface area (Å²) in [6, 6.07) is 4.08. The van der Waals surface area contributed by atoms with Gasteiger partial charge in [0.1, 0.15) is 0 Å². The van der Waals surface area contributed by atoms with E-state index in [4.69, 9.17) is 0 Å². The fourth-order valence-electron chi connectivity index (χ4n) is 4.50. The fourth-order valence-corrected chi connectivity index (χ4v) is 4.74. The Bertz CT molecular complexity index is 455. The Morgan fingerprint density at radius 2 is 1.86 bits per heavy atom. The fraction of sp³-hybridized carbons (Fsp3) is 0.722. The summed E-state index contributed by atoms with van der Waals surface area (Å²) < 4.78 is 1.01. The topological polar surface area (TPSA) is 33.1 Å². The van der Waals surface area contributed by atoms with E-state index in [9.17, 15) is 5.11 Å². The number of halogens is 1. The van der Waals surface area contributed by atoms with Crippen LogP contribution in [0.5, 0.6) is 0 Å². The standard InChI is InChI=1S/C18H26BrNO/c19-15-9-10-16(20-13-15)12-18(21)11-5-4-8-17(18)14-6-2-1-3-7-14/h9-10,13-14,17,21H,1-8,11-12H2. The number of nitrogens with zero attached hydrogens (tertiary/aromatic N) is 1. The van der Waals surface area contributed by atoms with E-state index in [1.807, 2.05) is 12.3 Å². The minimum Gasteiger partial charge on any atom is -0.389 e. The van der Waals surface area contributed by atoms with Crippen LogP contribution in [0.25, 0.3) is 0 Å². The van der Waals surface area contributed by atoms with Crippen LogP contribution in [0.2, 0.25) is 0 Å². The molecule has 2 nitrogen and oxygen atoms in total. The summed E-state index contributed by atoms with van der Waals surface area (Å²) in [5.74, 6) is 1.22. The highest BCUT2D eigenvalue weighted by Crippen LogP contribution is 2.45. The van der Waals surface area contributed by atoms with Crippen LogP contribution in [0.4, 0.5) is 0 Å². The lowest BCUT2D eigenvalue weighted by atomic mass is 9.64. The molecule has 1 N–H and O–H groups in total. The van der Waals surface area contributed by atoms with Gasteiger partial charge in [-0.1, -0.05) is 44.9 Å². The third-order valence-electron chi connectivity index (χ3n) is 5.56. The Morgan fingerprint density at radius 3 is 2.57 bits per heavy atom. The molecule has 1 heterocycles. The van der Waals surface area contributed by atoms with Crippen LogP contribution >= 0.6 is 15.9 Å². The van der Waals surface area contributed by atoms with Gasteiger partial charge in [0, 0.05) is 22.8 Å². The molecule has 2 saturated carbocycles. The lowest BCUT2D eigenvalue weighted by Crippen LogP contribution is -2.46. The number of pyridine rings is 1. The molecule has 2 aliphatic carbocycles. The van der Waals surface area contributed by atoms with E-state index in [1.165, 1.54) is 44.9 Å². The van der Waals surface area contributed by atoms with Crippen molar-refractivity contribution in [1.82, 2.24) is 4.98 Å². The average Bonchev–Trinajstić information content (AvgIpc) is 2.51. The maximum Gasteiger partial charge on any atom is 0.0733 e. The van der Waals surface area contributed by atoms with Crippen LogP contribution in [0.15, 0.2) is 22.8 Å². The summed E-state index contributed by atoms with van der Waals surface area (Å²) in [5.41, 5.74) is 0.504. The highest BCUT2D eigenvalue weighted by atomic mass is 79.9. The predicted molar refractivity (Wildman–Crippen MR) is 89.1 cm³/mol. The summed E-state index contributed by atoms with van der Waals surface area (Å²) in [7, 11) is 0. The smallest absolute Gasteiger partial charge is 0.0733 e. The van der Waals surface area contributed by atoms with Gasteiger partial charge in [0.2, 0.25) is 0 Å². The molecule has 2 atom stereocenters. The van der Waals surface area contributed by atoms with Crippen molar-refractivity contribution >= 4 is 15.9 Å². The lowest BCUT2D eigenvalue weighted by Gasteiger charge is -2.45. The third kappa shape index (κ3) is 3.68. The molecular formula is C18H26BrNO. The van der Waals surface area contributed by atoms with Crippen molar-refractivity contribution < 1.29 is 5.11 Å². The van der Waals surface area contributed by atoms with Gasteiger partial charge in [0.05, 0.1) is 5.60 Å². The second-order valence-corrected chi connectivity index (χ2v) is 7.91. The SMILES string of the molecule is OC1(Cc2ccc(Br)cn2)CCCCC1C1CCCCC1. The van der Waals surface area contributed by atoms with Crippen molar-refractivity contribution in [2.24, 2.45) is 11.8 Å². The van der Waals surface area contributed by atoms with Gasteiger partial charge >= 0.3 is 0 Å². The van der Waals surface area contributed by atoms with E-state index in [0.29, 0.717) is 5.92 Å². The van der Waals surface area contributed by atoms with Crippen molar-refractivity contribution in [1.29, 1.82) is 0 Å². The van der Waals surface area contributed by atoms with Crippen molar-refractivity contribution in [2.75, 3.05) is 0 Å². The molecule has 0 aromatic carbocycles. The number of aromatic nitrogens is 1. The highest BCUT2D eigenvalue weighted by Gasteiger charge is 2.43. The van der Waals surface area contributed by atoms with Crippen LogP contribution < -0.4 is 0 Å². The molecule has 116 valence electrons. The van der Waals surface area contributed by atoms with E-state index in [0.717, 1.165) is 35.3 Å². The van der Waals surface area contributed by atoms with E-state index in [1.54, 1.807) is 0 Å². The molecule has 0 spiro atoms. The Kier molecular flexibility index (Phi) is 5.00. The first-order chi connectivity index (χ1) is 10.2. The van der Waals surface area contributed by atoms with Gasteiger partial charge in [-0.2, -0.15) is 0 Å². The van der Waals surface area contributed by atoms with Gasteiger partial charge in [0.15, 0.2) is 0 Å². The van der Waals surface area contributed by atoms with E-state index >= 15 is 0 Å². The molecule has 3 rings (SSSR count). The maximum absolute atomic E-state index is 11.4. The molecule has 2 fully saturated rings. The molecule has 1 aromatic heterocycles. The molecule has 21 heavy (non-hydrogen) atoms. The van der Waals surface area contributed by atoms with Gasteiger partial charge in [-0.3, -0.25) is 4.98 Å². The highest BCUT2D eigenvalue weighted by molar-refractivity contribution is 9.10. The molecule has 0 bridgehead atoms. The molecule has 3 heteroatoms. The van der Waals surface area contributed by atoms with Gasteiger partial charge in [-0.15, -0.1) is 0 Å². The quantitative estimate of drug-likeness (QED) is 0.840. The molecule has 0 radical (unpaired) electrons. The zero-order chi connectivity index (χ0) is 14.7. The second-order valence-electron chi connectivity index (χ2n) is 7.00. The predicted octanol–water partition coefficient (Wildman–Crippen LogP) is 4.89. The summed E-state index contributed by atoms with van der Waals surface area (Å²) in [6.45, 7) is 0. The van der Waals surface area contributed by atoms with E-state index in [-0.39, 0.29) is 0 Å². The molecule has 0 aliphatic heterocycles.